The fraction of sp³-hybridized carbons (Fsp3) is 0.261. The third-order valence-corrected chi connectivity index (χ3v) is 5.45. The molecular formula is C23H22FN5O2. The molecule has 4 rings (SSSR count). The van der Waals surface area contributed by atoms with E-state index in [4.69, 9.17) is 15.0 Å². The molecule has 2 aromatic carbocycles. The van der Waals surface area contributed by atoms with Gasteiger partial charge in [0.1, 0.15) is 17.6 Å². The predicted molar refractivity (Wildman–Crippen MR) is 116 cm³/mol. The molecule has 31 heavy (non-hydrogen) atoms. The number of methoxy groups -OCH3 is 1. The van der Waals surface area contributed by atoms with Crippen LogP contribution in [0.3, 0.4) is 0 Å². The number of nitriles is 1. The monoisotopic (exact) mass is 419 g/mol. The van der Waals surface area contributed by atoms with Gasteiger partial charge >= 0.3 is 0 Å². The molecule has 2 N–H and O–H groups in total. The second kappa shape index (κ2) is 8.58. The van der Waals surface area contributed by atoms with Gasteiger partial charge in [0.05, 0.1) is 23.9 Å². The van der Waals surface area contributed by atoms with Gasteiger partial charge in [-0.1, -0.05) is 18.2 Å². The van der Waals surface area contributed by atoms with Crippen LogP contribution in [0.2, 0.25) is 0 Å². The molecule has 0 aliphatic carbocycles. The van der Waals surface area contributed by atoms with Crippen LogP contribution in [-0.4, -0.2) is 36.3 Å². The predicted octanol–water partition coefficient (Wildman–Crippen LogP) is 2.76. The molecule has 0 unspecified atom stereocenters. The summed E-state index contributed by atoms with van der Waals surface area (Å²) in [4.78, 5) is 18.1. The summed E-state index contributed by atoms with van der Waals surface area (Å²) < 4.78 is 21.1. The van der Waals surface area contributed by atoms with Crippen molar-refractivity contribution in [1.29, 1.82) is 5.26 Å². The largest absolute Gasteiger partial charge is 0.497 e. The Kier molecular flexibility index (Phi) is 5.69. The third kappa shape index (κ3) is 4.00. The van der Waals surface area contributed by atoms with Gasteiger partial charge in [-0.05, 0) is 29.8 Å². The van der Waals surface area contributed by atoms with Crippen molar-refractivity contribution in [2.24, 2.45) is 13.0 Å². The minimum absolute atomic E-state index is 0.0607. The molecule has 0 radical (unpaired) electrons. The zero-order chi connectivity index (χ0) is 22.0. The van der Waals surface area contributed by atoms with E-state index in [0.717, 1.165) is 13.1 Å². The average molecular weight is 419 g/mol. The molecule has 0 amide bonds. The van der Waals surface area contributed by atoms with Gasteiger partial charge in [0, 0.05) is 38.2 Å². The van der Waals surface area contributed by atoms with Crippen LogP contribution >= 0.6 is 0 Å². The molecule has 1 saturated heterocycles. The van der Waals surface area contributed by atoms with Gasteiger partial charge in [-0.25, -0.2) is 9.37 Å². The zero-order valence-corrected chi connectivity index (χ0v) is 17.3. The van der Waals surface area contributed by atoms with E-state index in [1.54, 1.807) is 44.5 Å². The fourth-order valence-corrected chi connectivity index (χ4v) is 3.47. The number of nitrogens with zero attached hydrogens (tertiary/aromatic N) is 3. The Morgan fingerprint density at radius 2 is 1.97 bits per heavy atom. The number of anilines is 1. The highest BCUT2D eigenvalue weighted by Crippen LogP contribution is 2.31. The molecule has 8 heteroatoms. The quantitative estimate of drug-likeness (QED) is 0.638. The Balaban J connectivity index is 1.87. The van der Waals surface area contributed by atoms with E-state index in [1.807, 2.05) is 6.07 Å². The van der Waals surface area contributed by atoms with Gasteiger partial charge < -0.3 is 15.4 Å². The van der Waals surface area contributed by atoms with Crippen LogP contribution in [0.4, 0.5) is 10.3 Å². The lowest BCUT2D eigenvalue weighted by Crippen LogP contribution is -2.45. The van der Waals surface area contributed by atoms with Crippen molar-refractivity contribution in [2.45, 2.75) is 0 Å². The topological polar surface area (TPSA) is 92.0 Å². The standard InChI is InChI=1S/C23H22FN5O2/c1-29-22(30)20(15-5-7-18(31-2)8-6-15)21(16-3-4-17(10-25)19(24)9-16)28-23(29)27-13-14-11-26-12-14/h3-9,14,26H,11-13H2,1-2H3,(H,27,28). The van der Waals surface area contributed by atoms with Crippen molar-refractivity contribution in [1.82, 2.24) is 14.9 Å². The smallest absolute Gasteiger partial charge is 0.263 e. The third-order valence-electron chi connectivity index (χ3n) is 5.45. The second-order valence-electron chi connectivity index (χ2n) is 7.46. The van der Waals surface area contributed by atoms with Gasteiger partial charge in [0.25, 0.3) is 5.56 Å². The number of aromatic nitrogens is 2. The summed E-state index contributed by atoms with van der Waals surface area (Å²) in [5.74, 6) is 0.882. The van der Waals surface area contributed by atoms with E-state index < -0.39 is 5.82 Å². The molecule has 3 aromatic rings. The van der Waals surface area contributed by atoms with Crippen molar-refractivity contribution < 1.29 is 9.13 Å². The van der Waals surface area contributed by atoms with Crippen LogP contribution < -0.4 is 20.9 Å². The van der Waals surface area contributed by atoms with Crippen LogP contribution in [0.15, 0.2) is 47.3 Å². The molecule has 0 bridgehead atoms. The lowest BCUT2D eigenvalue weighted by atomic mass is 9.99. The Labute approximate surface area is 179 Å². The number of hydrogen-bond acceptors (Lipinski definition) is 6. The number of ether oxygens (including phenoxy) is 1. The van der Waals surface area contributed by atoms with Crippen LogP contribution in [0.5, 0.6) is 5.75 Å². The second-order valence-corrected chi connectivity index (χ2v) is 7.46. The van der Waals surface area contributed by atoms with Crippen molar-refractivity contribution in [2.75, 3.05) is 32.1 Å². The van der Waals surface area contributed by atoms with Gasteiger partial charge in [-0.3, -0.25) is 9.36 Å². The van der Waals surface area contributed by atoms with Crippen molar-refractivity contribution in [3.63, 3.8) is 0 Å². The van der Waals surface area contributed by atoms with E-state index in [1.165, 1.54) is 16.7 Å². The van der Waals surface area contributed by atoms with Crippen LogP contribution in [0, 0.1) is 23.1 Å². The van der Waals surface area contributed by atoms with Crippen molar-refractivity contribution in [3.05, 3.63) is 64.2 Å². The Hall–Kier alpha value is -3.70. The first-order valence-corrected chi connectivity index (χ1v) is 9.92. The van der Waals surface area contributed by atoms with E-state index >= 15 is 0 Å². The summed E-state index contributed by atoms with van der Waals surface area (Å²) in [7, 11) is 3.23. The Morgan fingerprint density at radius 3 is 2.55 bits per heavy atom. The highest BCUT2D eigenvalue weighted by molar-refractivity contribution is 5.81. The van der Waals surface area contributed by atoms with Gasteiger partial charge in [0.15, 0.2) is 0 Å². The van der Waals surface area contributed by atoms with E-state index in [0.29, 0.717) is 46.5 Å². The minimum atomic E-state index is -0.654. The van der Waals surface area contributed by atoms with E-state index in [-0.39, 0.29) is 11.1 Å². The molecule has 1 aromatic heterocycles. The molecule has 2 heterocycles. The van der Waals surface area contributed by atoms with Crippen molar-refractivity contribution >= 4 is 5.95 Å². The lowest BCUT2D eigenvalue weighted by Gasteiger charge is -2.27. The molecule has 0 saturated carbocycles. The Bertz CT molecular complexity index is 1210. The number of nitrogens with one attached hydrogen (secondary N) is 2. The highest BCUT2D eigenvalue weighted by atomic mass is 19.1. The number of hydrogen-bond donors (Lipinski definition) is 2. The van der Waals surface area contributed by atoms with Crippen LogP contribution in [0.1, 0.15) is 5.56 Å². The first-order chi connectivity index (χ1) is 15.0. The number of rotatable bonds is 6. The SMILES string of the molecule is COc1ccc(-c2c(-c3ccc(C#N)c(F)c3)nc(NCC3CNC3)n(C)c2=O)cc1. The summed E-state index contributed by atoms with van der Waals surface area (Å²) in [6.45, 7) is 2.51. The maximum Gasteiger partial charge on any atom is 0.263 e. The summed E-state index contributed by atoms with van der Waals surface area (Å²) >= 11 is 0. The molecule has 1 aliphatic rings. The normalized spacial score (nSPS) is 13.4. The fourth-order valence-electron chi connectivity index (χ4n) is 3.47. The van der Waals surface area contributed by atoms with Gasteiger partial charge in [-0.15, -0.1) is 0 Å². The van der Waals surface area contributed by atoms with Crippen LogP contribution in [0.25, 0.3) is 22.4 Å². The summed E-state index contributed by atoms with van der Waals surface area (Å²) in [5.41, 5.74) is 1.45. The maximum atomic E-state index is 14.4. The maximum absolute atomic E-state index is 14.4. The van der Waals surface area contributed by atoms with E-state index in [2.05, 4.69) is 10.6 Å². The molecule has 0 spiro atoms. The summed E-state index contributed by atoms with van der Waals surface area (Å²) in [6, 6.07) is 13.1. The van der Waals surface area contributed by atoms with Crippen molar-refractivity contribution in [3.8, 4) is 34.2 Å². The molecule has 0 atom stereocenters. The Morgan fingerprint density at radius 1 is 1.26 bits per heavy atom. The first kappa shape index (κ1) is 20.6. The van der Waals surface area contributed by atoms with Gasteiger partial charge in [0.2, 0.25) is 5.95 Å². The molecule has 1 fully saturated rings. The number of halogens is 1. The number of benzene rings is 2. The molecule has 1 aliphatic heterocycles. The minimum Gasteiger partial charge on any atom is -0.497 e. The molecular weight excluding hydrogens is 397 g/mol. The molecule has 7 nitrogen and oxygen atoms in total. The molecule has 158 valence electrons. The summed E-state index contributed by atoms with van der Waals surface area (Å²) in [6.07, 6.45) is 0. The average Bonchev–Trinajstić information content (AvgIpc) is 2.75. The van der Waals surface area contributed by atoms with Crippen LogP contribution in [-0.2, 0) is 7.05 Å². The van der Waals surface area contributed by atoms with Gasteiger partial charge in [-0.2, -0.15) is 5.26 Å². The van der Waals surface area contributed by atoms with E-state index in [9.17, 15) is 9.18 Å². The highest BCUT2D eigenvalue weighted by Gasteiger charge is 2.21. The lowest BCUT2D eigenvalue weighted by molar-refractivity contribution is 0.364. The first-order valence-electron chi connectivity index (χ1n) is 9.92. The summed E-state index contributed by atoms with van der Waals surface area (Å²) in [5, 5.41) is 15.5. The zero-order valence-electron chi connectivity index (χ0n) is 17.3.